The zero-order chi connectivity index (χ0) is 11.0. The first-order chi connectivity index (χ1) is 6.61. The lowest BCUT2D eigenvalue weighted by atomic mass is 10.1. The second-order valence-electron chi connectivity index (χ2n) is 3.22. The molecule has 1 atom stereocenters. The lowest BCUT2D eigenvalue weighted by molar-refractivity contribution is -0.0972. The Kier molecular flexibility index (Phi) is 7.50. The van der Waals surface area contributed by atoms with Crippen LogP contribution in [0.25, 0.3) is 0 Å². The first-order valence-electron chi connectivity index (χ1n) is 5.04. The van der Waals surface area contributed by atoms with E-state index in [9.17, 15) is 5.11 Å². The van der Waals surface area contributed by atoms with Gasteiger partial charge >= 0.3 is 0 Å². The highest BCUT2D eigenvalue weighted by Crippen LogP contribution is 2.00. The molecule has 0 aliphatic carbocycles. The topological polar surface area (TPSA) is 38.7 Å². The third-order valence-electron chi connectivity index (χ3n) is 1.62. The van der Waals surface area contributed by atoms with Crippen LogP contribution in [0.3, 0.4) is 0 Å². The van der Waals surface area contributed by atoms with Crippen molar-refractivity contribution in [2.24, 2.45) is 5.92 Å². The van der Waals surface area contributed by atoms with Crippen LogP contribution < -0.4 is 0 Å². The molecule has 0 aromatic heterocycles. The second-order valence-corrected chi connectivity index (χ2v) is 3.22. The Hall–Kier alpha value is -0.560. The standard InChI is InChI=1S/C11H20O3/c1-5-13-11(14-6-2)8-7-10(12)9(3)4/h9-12H,5-6H2,1-4H3. The van der Waals surface area contributed by atoms with Crippen LogP contribution >= 0.6 is 0 Å². The average Bonchev–Trinajstić information content (AvgIpc) is 2.14. The van der Waals surface area contributed by atoms with Gasteiger partial charge in [0, 0.05) is 13.2 Å². The molecule has 0 rings (SSSR count). The van der Waals surface area contributed by atoms with Crippen molar-refractivity contribution in [1.82, 2.24) is 0 Å². The third-order valence-corrected chi connectivity index (χ3v) is 1.62. The predicted octanol–water partition coefficient (Wildman–Crippen LogP) is 1.41. The van der Waals surface area contributed by atoms with E-state index in [-0.39, 0.29) is 5.92 Å². The number of hydrogen-bond donors (Lipinski definition) is 1. The smallest absolute Gasteiger partial charge is 0.222 e. The molecular formula is C11H20O3. The van der Waals surface area contributed by atoms with E-state index >= 15 is 0 Å². The zero-order valence-electron chi connectivity index (χ0n) is 9.41. The molecule has 0 aromatic rings. The maximum atomic E-state index is 9.43. The maximum Gasteiger partial charge on any atom is 0.222 e. The SMILES string of the molecule is CCOC(C#CC(O)C(C)C)OCC. The van der Waals surface area contributed by atoms with E-state index in [0.717, 1.165) is 0 Å². The molecule has 0 aliphatic rings. The van der Waals surface area contributed by atoms with Crippen LogP contribution in [0.2, 0.25) is 0 Å². The van der Waals surface area contributed by atoms with Gasteiger partial charge in [0.1, 0.15) is 6.10 Å². The quantitative estimate of drug-likeness (QED) is 0.538. The van der Waals surface area contributed by atoms with Crippen LogP contribution in [0.1, 0.15) is 27.7 Å². The fraction of sp³-hybridized carbons (Fsp3) is 0.818. The number of hydrogen-bond acceptors (Lipinski definition) is 3. The van der Waals surface area contributed by atoms with Gasteiger partial charge in [-0.3, -0.25) is 0 Å². The van der Waals surface area contributed by atoms with Crippen LogP contribution in [0.5, 0.6) is 0 Å². The molecule has 0 amide bonds. The van der Waals surface area contributed by atoms with Crippen LogP contribution in [-0.2, 0) is 9.47 Å². The third kappa shape index (κ3) is 5.98. The number of ether oxygens (including phenoxy) is 2. The fourth-order valence-corrected chi connectivity index (χ4v) is 0.754. The Morgan fingerprint density at radius 3 is 1.93 bits per heavy atom. The van der Waals surface area contributed by atoms with Gasteiger partial charge in [0.05, 0.1) is 0 Å². The molecule has 14 heavy (non-hydrogen) atoms. The molecule has 0 aliphatic heterocycles. The molecule has 0 spiro atoms. The summed E-state index contributed by atoms with van der Waals surface area (Å²) >= 11 is 0. The highest BCUT2D eigenvalue weighted by atomic mass is 16.7. The van der Waals surface area contributed by atoms with Gasteiger partial charge in [-0.25, -0.2) is 0 Å². The molecule has 0 saturated heterocycles. The van der Waals surface area contributed by atoms with E-state index in [1.807, 2.05) is 27.7 Å². The molecule has 82 valence electrons. The molecule has 0 aromatic carbocycles. The fourth-order valence-electron chi connectivity index (χ4n) is 0.754. The van der Waals surface area contributed by atoms with Gasteiger partial charge < -0.3 is 14.6 Å². The average molecular weight is 200 g/mol. The van der Waals surface area contributed by atoms with E-state index < -0.39 is 12.4 Å². The van der Waals surface area contributed by atoms with Gasteiger partial charge in [-0.15, -0.1) is 0 Å². The summed E-state index contributed by atoms with van der Waals surface area (Å²) in [6.45, 7) is 8.69. The summed E-state index contributed by atoms with van der Waals surface area (Å²) in [7, 11) is 0. The van der Waals surface area contributed by atoms with Gasteiger partial charge in [-0.1, -0.05) is 19.8 Å². The van der Waals surface area contributed by atoms with Crippen molar-refractivity contribution in [3.05, 3.63) is 0 Å². The Bertz CT molecular complexity index is 184. The van der Waals surface area contributed by atoms with Gasteiger partial charge in [0.25, 0.3) is 0 Å². The molecule has 0 bridgehead atoms. The van der Waals surface area contributed by atoms with Crippen molar-refractivity contribution >= 4 is 0 Å². The minimum Gasteiger partial charge on any atom is -0.380 e. The van der Waals surface area contributed by atoms with Crippen molar-refractivity contribution in [3.8, 4) is 11.8 Å². The van der Waals surface area contributed by atoms with Crippen molar-refractivity contribution in [3.63, 3.8) is 0 Å². The summed E-state index contributed by atoms with van der Waals surface area (Å²) in [5.74, 6) is 5.60. The van der Waals surface area contributed by atoms with Crippen molar-refractivity contribution in [1.29, 1.82) is 0 Å². The predicted molar refractivity (Wildman–Crippen MR) is 55.7 cm³/mol. The van der Waals surface area contributed by atoms with Crippen molar-refractivity contribution in [2.45, 2.75) is 40.1 Å². The molecule has 3 heteroatoms. The summed E-state index contributed by atoms with van der Waals surface area (Å²) in [5, 5.41) is 9.43. The van der Waals surface area contributed by atoms with Gasteiger partial charge in [0.15, 0.2) is 0 Å². The van der Waals surface area contributed by atoms with Crippen molar-refractivity contribution < 1.29 is 14.6 Å². The summed E-state index contributed by atoms with van der Waals surface area (Å²) in [5.41, 5.74) is 0. The maximum absolute atomic E-state index is 9.43. The van der Waals surface area contributed by atoms with E-state index in [4.69, 9.17) is 9.47 Å². The highest BCUT2D eigenvalue weighted by molar-refractivity contribution is 5.07. The van der Waals surface area contributed by atoms with Gasteiger partial charge in [-0.2, -0.15) is 0 Å². The normalized spacial score (nSPS) is 12.8. The van der Waals surface area contributed by atoms with Crippen molar-refractivity contribution in [2.75, 3.05) is 13.2 Å². The minimum atomic E-state index is -0.613. The second kappa shape index (κ2) is 7.81. The Labute approximate surface area is 86.4 Å². The van der Waals surface area contributed by atoms with Crippen LogP contribution in [0.4, 0.5) is 0 Å². The molecule has 0 saturated carbocycles. The summed E-state index contributed by atoms with van der Waals surface area (Å²) in [6, 6.07) is 0. The summed E-state index contributed by atoms with van der Waals surface area (Å²) in [6.07, 6.45) is -1.13. The largest absolute Gasteiger partial charge is 0.380 e. The number of aliphatic hydroxyl groups excluding tert-OH is 1. The monoisotopic (exact) mass is 200 g/mol. The Balaban J connectivity index is 4.10. The lowest BCUT2D eigenvalue weighted by Gasteiger charge is -2.11. The minimum absolute atomic E-state index is 0.131. The number of rotatable bonds is 5. The first-order valence-corrected chi connectivity index (χ1v) is 5.04. The Morgan fingerprint density at radius 2 is 1.57 bits per heavy atom. The van der Waals surface area contributed by atoms with Gasteiger partial charge in [0.2, 0.25) is 6.29 Å². The Morgan fingerprint density at radius 1 is 1.07 bits per heavy atom. The van der Waals surface area contributed by atoms with Crippen LogP contribution in [-0.4, -0.2) is 30.7 Å². The van der Waals surface area contributed by atoms with E-state index in [1.165, 1.54) is 0 Å². The molecule has 0 fully saturated rings. The first kappa shape index (κ1) is 13.4. The van der Waals surface area contributed by atoms with Crippen LogP contribution in [0.15, 0.2) is 0 Å². The summed E-state index contributed by atoms with van der Waals surface area (Å²) in [4.78, 5) is 0. The molecule has 0 radical (unpaired) electrons. The summed E-state index contributed by atoms with van der Waals surface area (Å²) < 4.78 is 10.4. The van der Waals surface area contributed by atoms with E-state index in [0.29, 0.717) is 13.2 Å². The van der Waals surface area contributed by atoms with Gasteiger partial charge in [-0.05, 0) is 25.7 Å². The van der Waals surface area contributed by atoms with Crippen LogP contribution in [0, 0.1) is 17.8 Å². The molecule has 1 N–H and O–H groups in total. The van der Waals surface area contributed by atoms with E-state index in [2.05, 4.69) is 11.8 Å². The molecular weight excluding hydrogens is 180 g/mol. The highest BCUT2D eigenvalue weighted by Gasteiger charge is 2.06. The molecule has 0 heterocycles. The molecule has 1 unspecified atom stereocenters. The molecule has 3 nitrogen and oxygen atoms in total. The zero-order valence-corrected chi connectivity index (χ0v) is 9.41. The number of aliphatic hydroxyl groups is 1. The lowest BCUT2D eigenvalue weighted by Crippen LogP contribution is -2.17. The van der Waals surface area contributed by atoms with E-state index in [1.54, 1.807) is 0 Å².